The second kappa shape index (κ2) is 6.15. The highest BCUT2D eigenvalue weighted by molar-refractivity contribution is 6.31. The lowest BCUT2D eigenvalue weighted by molar-refractivity contribution is 0.248. The SMILES string of the molecule is OCc1ccc(-c2c3ccc(Cl)cc3nn2Cc2ccccc2)o1. The van der Waals surface area contributed by atoms with Crippen LogP contribution in [0.1, 0.15) is 11.3 Å². The number of nitrogens with zero attached hydrogens (tertiary/aromatic N) is 2. The van der Waals surface area contributed by atoms with Crippen LogP contribution in [0.5, 0.6) is 0 Å². The van der Waals surface area contributed by atoms with E-state index in [1.807, 2.05) is 47.1 Å². The zero-order valence-corrected chi connectivity index (χ0v) is 13.6. The number of benzene rings is 2. The first-order valence-electron chi connectivity index (χ1n) is 7.64. The summed E-state index contributed by atoms with van der Waals surface area (Å²) in [7, 11) is 0. The largest absolute Gasteiger partial charge is 0.457 e. The van der Waals surface area contributed by atoms with Gasteiger partial charge in [0.25, 0.3) is 0 Å². The van der Waals surface area contributed by atoms with Crippen molar-refractivity contribution < 1.29 is 9.52 Å². The quantitative estimate of drug-likeness (QED) is 0.596. The predicted molar refractivity (Wildman–Crippen MR) is 93.9 cm³/mol. The number of hydrogen-bond donors (Lipinski definition) is 1. The third-order valence-corrected chi connectivity index (χ3v) is 4.16. The third-order valence-electron chi connectivity index (χ3n) is 3.93. The molecule has 2 aromatic carbocycles. The van der Waals surface area contributed by atoms with Gasteiger partial charge >= 0.3 is 0 Å². The Labute approximate surface area is 143 Å². The van der Waals surface area contributed by atoms with Gasteiger partial charge in [-0.25, -0.2) is 0 Å². The zero-order chi connectivity index (χ0) is 16.5. The van der Waals surface area contributed by atoms with Crippen molar-refractivity contribution in [3.8, 4) is 11.5 Å². The van der Waals surface area contributed by atoms with Crippen LogP contribution in [0.4, 0.5) is 0 Å². The topological polar surface area (TPSA) is 51.2 Å². The molecule has 5 heteroatoms. The van der Waals surface area contributed by atoms with Crippen LogP contribution in [-0.2, 0) is 13.2 Å². The second-order valence-electron chi connectivity index (χ2n) is 5.58. The molecule has 0 unspecified atom stereocenters. The smallest absolute Gasteiger partial charge is 0.153 e. The fraction of sp³-hybridized carbons (Fsp3) is 0.105. The molecule has 0 saturated carbocycles. The van der Waals surface area contributed by atoms with E-state index in [1.165, 1.54) is 0 Å². The Hall–Kier alpha value is -2.56. The summed E-state index contributed by atoms with van der Waals surface area (Å²) in [6.07, 6.45) is 0. The van der Waals surface area contributed by atoms with Gasteiger partial charge in [-0.3, -0.25) is 4.68 Å². The van der Waals surface area contributed by atoms with Crippen molar-refractivity contribution in [3.63, 3.8) is 0 Å². The van der Waals surface area contributed by atoms with Gasteiger partial charge in [0.15, 0.2) is 5.76 Å². The average Bonchev–Trinajstić information content (AvgIpc) is 3.19. The second-order valence-corrected chi connectivity index (χ2v) is 6.01. The van der Waals surface area contributed by atoms with Crippen LogP contribution < -0.4 is 0 Å². The van der Waals surface area contributed by atoms with E-state index in [2.05, 4.69) is 17.2 Å². The summed E-state index contributed by atoms with van der Waals surface area (Å²) in [6, 6.07) is 19.4. The summed E-state index contributed by atoms with van der Waals surface area (Å²) >= 11 is 6.11. The number of aliphatic hydroxyl groups is 1. The number of aliphatic hydroxyl groups excluding tert-OH is 1. The van der Waals surface area contributed by atoms with Gasteiger partial charge in [0.05, 0.1) is 12.1 Å². The highest BCUT2D eigenvalue weighted by Gasteiger charge is 2.17. The van der Waals surface area contributed by atoms with Gasteiger partial charge in [0, 0.05) is 10.4 Å². The Morgan fingerprint density at radius 1 is 1.04 bits per heavy atom. The molecule has 4 rings (SSSR count). The van der Waals surface area contributed by atoms with Gasteiger partial charge in [-0.05, 0) is 35.9 Å². The monoisotopic (exact) mass is 338 g/mol. The number of fused-ring (bicyclic) bond motifs is 1. The fourth-order valence-corrected chi connectivity index (χ4v) is 2.99. The van der Waals surface area contributed by atoms with Crippen LogP contribution in [0.15, 0.2) is 65.1 Å². The van der Waals surface area contributed by atoms with Crippen molar-refractivity contribution >= 4 is 22.5 Å². The van der Waals surface area contributed by atoms with Crippen molar-refractivity contribution in [2.24, 2.45) is 0 Å². The van der Waals surface area contributed by atoms with Gasteiger partial charge in [-0.15, -0.1) is 0 Å². The maximum absolute atomic E-state index is 9.27. The molecule has 0 saturated heterocycles. The number of furan rings is 1. The molecule has 120 valence electrons. The van der Waals surface area contributed by atoms with Crippen LogP contribution in [0.25, 0.3) is 22.4 Å². The van der Waals surface area contributed by atoms with Gasteiger partial charge < -0.3 is 9.52 Å². The first-order chi connectivity index (χ1) is 11.7. The lowest BCUT2D eigenvalue weighted by Crippen LogP contribution is -2.03. The highest BCUT2D eigenvalue weighted by atomic mass is 35.5. The molecule has 0 aliphatic heterocycles. The number of hydrogen-bond acceptors (Lipinski definition) is 3. The first kappa shape index (κ1) is 15.0. The van der Waals surface area contributed by atoms with E-state index in [4.69, 9.17) is 16.0 Å². The number of aromatic nitrogens is 2. The van der Waals surface area contributed by atoms with Crippen molar-refractivity contribution in [1.82, 2.24) is 9.78 Å². The molecular formula is C19H15ClN2O2. The molecule has 2 heterocycles. The molecule has 1 N–H and O–H groups in total. The van der Waals surface area contributed by atoms with Gasteiger partial charge in [0.2, 0.25) is 0 Å². The Kier molecular flexibility index (Phi) is 3.84. The summed E-state index contributed by atoms with van der Waals surface area (Å²) in [5, 5.41) is 15.6. The molecule has 4 nitrogen and oxygen atoms in total. The van der Waals surface area contributed by atoms with Crippen molar-refractivity contribution in [1.29, 1.82) is 0 Å². The average molecular weight is 339 g/mol. The summed E-state index contributed by atoms with van der Waals surface area (Å²) in [6.45, 7) is 0.494. The van der Waals surface area contributed by atoms with Crippen molar-refractivity contribution in [2.45, 2.75) is 13.2 Å². The predicted octanol–water partition coefficient (Wildman–Crippen LogP) is 4.49. The standard InChI is InChI=1S/C19H15ClN2O2/c20-14-6-8-16-17(10-14)21-22(11-13-4-2-1-3-5-13)19(16)18-9-7-15(12-23)24-18/h1-10,23H,11-12H2. The van der Waals surface area contributed by atoms with E-state index in [0.717, 1.165) is 22.2 Å². The Morgan fingerprint density at radius 2 is 1.88 bits per heavy atom. The molecule has 4 aromatic rings. The van der Waals surface area contributed by atoms with Crippen LogP contribution in [-0.4, -0.2) is 14.9 Å². The maximum atomic E-state index is 9.27. The van der Waals surface area contributed by atoms with Gasteiger partial charge in [-0.2, -0.15) is 5.10 Å². The van der Waals surface area contributed by atoms with E-state index >= 15 is 0 Å². The Balaban J connectivity index is 1.89. The summed E-state index contributed by atoms with van der Waals surface area (Å²) in [4.78, 5) is 0. The number of halogens is 1. The van der Waals surface area contributed by atoms with E-state index in [1.54, 1.807) is 6.07 Å². The van der Waals surface area contributed by atoms with Crippen LogP contribution >= 0.6 is 11.6 Å². The van der Waals surface area contributed by atoms with E-state index in [0.29, 0.717) is 23.1 Å². The first-order valence-corrected chi connectivity index (χ1v) is 8.02. The summed E-state index contributed by atoms with van der Waals surface area (Å²) in [5.41, 5.74) is 2.84. The highest BCUT2D eigenvalue weighted by Crippen LogP contribution is 2.32. The fourth-order valence-electron chi connectivity index (χ4n) is 2.83. The maximum Gasteiger partial charge on any atom is 0.153 e. The lowest BCUT2D eigenvalue weighted by Gasteiger charge is -2.06. The van der Waals surface area contributed by atoms with Crippen LogP contribution in [0.3, 0.4) is 0 Å². The zero-order valence-electron chi connectivity index (χ0n) is 12.8. The molecule has 0 fully saturated rings. The molecule has 0 atom stereocenters. The molecule has 0 radical (unpaired) electrons. The van der Waals surface area contributed by atoms with Gasteiger partial charge in [0.1, 0.15) is 18.1 Å². The van der Waals surface area contributed by atoms with E-state index in [9.17, 15) is 5.11 Å². The van der Waals surface area contributed by atoms with Crippen molar-refractivity contribution in [3.05, 3.63) is 77.0 Å². The minimum absolute atomic E-state index is 0.128. The van der Waals surface area contributed by atoms with Crippen LogP contribution in [0, 0.1) is 0 Å². The normalized spacial score (nSPS) is 11.2. The number of rotatable bonds is 4. The molecule has 0 bridgehead atoms. The van der Waals surface area contributed by atoms with Crippen LogP contribution in [0.2, 0.25) is 5.02 Å². The van der Waals surface area contributed by atoms with E-state index in [-0.39, 0.29) is 6.61 Å². The molecule has 0 aliphatic carbocycles. The molecule has 0 amide bonds. The Bertz CT molecular complexity index is 989. The third kappa shape index (κ3) is 2.70. The minimum Gasteiger partial charge on any atom is -0.457 e. The molecule has 0 aliphatic rings. The molecule has 0 spiro atoms. The van der Waals surface area contributed by atoms with Crippen molar-refractivity contribution in [2.75, 3.05) is 0 Å². The molecular weight excluding hydrogens is 324 g/mol. The summed E-state index contributed by atoms with van der Waals surface area (Å²) < 4.78 is 7.66. The summed E-state index contributed by atoms with van der Waals surface area (Å²) in [5.74, 6) is 1.21. The Morgan fingerprint density at radius 3 is 2.62 bits per heavy atom. The minimum atomic E-state index is -0.128. The molecule has 2 aromatic heterocycles. The molecule has 24 heavy (non-hydrogen) atoms. The van der Waals surface area contributed by atoms with E-state index < -0.39 is 0 Å². The lowest BCUT2D eigenvalue weighted by atomic mass is 10.1. The van der Waals surface area contributed by atoms with Gasteiger partial charge in [-0.1, -0.05) is 41.9 Å².